The van der Waals surface area contributed by atoms with Crippen molar-refractivity contribution in [3.05, 3.63) is 33.8 Å². The van der Waals surface area contributed by atoms with Crippen LogP contribution in [0.3, 0.4) is 0 Å². The predicted octanol–water partition coefficient (Wildman–Crippen LogP) is 2.07. The van der Waals surface area contributed by atoms with Crippen LogP contribution in [0.1, 0.15) is 17.3 Å². The monoisotopic (exact) mass is 246 g/mol. The summed E-state index contributed by atoms with van der Waals surface area (Å²) in [5.74, 6) is -0.263. The number of benzene rings is 1. The summed E-state index contributed by atoms with van der Waals surface area (Å²) in [6.07, 6.45) is 0. The molecule has 1 rings (SSSR count). The van der Waals surface area contributed by atoms with E-state index in [1.165, 1.54) is 0 Å². The number of rotatable bonds is 3. The second-order valence-electron chi connectivity index (χ2n) is 3.21. The van der Waals surface area contributed by atoms with E-state index in [9.17, 15) is 4.79 Å². The lowest BCUT2D eigenvalue weighted by atomic mass is 10.2. The van der Waals surface area contributed by atoms with Crippen molar-refractivity contribution < 1.29 is 4.79 Å². The molecule has 0 saturated heterocycles. The van der Waals surface area contributed by atoms with Gasteiger partial charge in [-0.05, 0) is 19.1 Å². The molecule has 3 N–H and O–H groups in total. The fourth-order valence-corrected chi connectivity index (χ4v) is 1.43. The van der Waals surface area contributed by atoms with Gasteiger partial charge < -0.3 is 11.1 Å². The molecule has 0 fully saturated rings. The molecule has 1 atom stereocenters. The fourth-order valence-electron chi connectivity index (χ4n) is 1.04. The summed E-state index contributed by atoms with van der Waals surface area (Å²) in [5.41, 5.74) is 5.76. The first kappa shape index (κ1) is 12.3. The molecule has 3 nitrogen and oxygen atoms in total. The van der Waals surface area contributed by atoms with Crippen molar-refractivity contribution in [2.24, 2.45) is 5.73 Å². The van der Waals surface area contributed by atoms with E-state index in [1.54, 1.807) is 18.2 Å². The highest BCUT2D eigenvalue weighted by molar-refractivity contribution is 6.43. The molecule has 0 bridgehead atoms. The highest BCUT2D eigenvalue weighted by Gasteiger charge is 2.13. The maximum absolute atomic E-state index is 11.7. The zero-order valence-electron chi connectivity index (χ0n) is 8.26. The molecule has 82 valence electrons. The SMILES string of the molecule is C[C@@H](CN)NC(=O)c1cccc(Cl)c1Cl. The molecule has 0 radical (unpaired) electrons. The topological polar surface area (TPSA) is 55.1 Å². The lowest BCUT2D eigenvalue weighted by Crippen LogP contribution is -2.37. The van der Waals surface area contributed by atoms with Crippen LogP contribution in [-0.2, 0) is 0 Å². The molecule has 5 heteroatoms. The molecule has 0 aromatic heterocycles. The van der Waals surface area contributed by atoms with Gasteiger partial charge in [0.1, 0.15) is 0 Å². The Balaban J connectivity index is 2.87. The van der Waals surface area contributed by atoms with E-state index in [0.717, 1.165) is 0 Å². The minimum absolute atomic E-state index is 0.0902. The Morgan fingerprint density at radius 2 is 2.20 bits per heavy atom. The minimum Gasteiger partial charge on any atom is -0.348 e. The molecule has 0 saturated carbocycles. The van der Waals surface area contributed by atoms with Crippen LogP contribution in [0.25, 0.3) is 0 Å². The van der Waals surface area contributed by atoms with Gasteiger partial charge in [-0.3, -0.25) is 4.79 Å². The van der Waals surface area contributed by atoms with Gasteiger partial charge >= 0.3 is 0 Å². The number of carbonyl (C=O) groups excluding carboxylic acids is 1. The molecule has 15 heavy (non-hydrogen) atoms. The molecule has 0 heterocycles. The molecule has 1 aromatic rings. The summed E-state index contributed by atoms with van der Waals surface area (Å²) in [6.45, 7) is 2.19. The van der Waals surface area contributed by atoms with Crippen molar-refractivity contribution in [2.75, 3.05) is 6.54 Å². The van der Waals surface area contributed by atoms with Crippen LogP contribution >= 0.6 is 23.2 Å². The lowest BCUT2D eigenvalue weighted by Gasteiger charge is -2.12. The molecule has 0 aliphatic rings. The molecule has 0 aliphatic carbocycles. The summed E-state index contributed by atoms with van der Waals surface area (Å²) < 4.78 is 0. The maximum atomic E-state index is 11.7. The molecule has 0 aliphatic heterocycles. The third-order valence-corrected chi connectivity index (χ3v) is 2.75. The fraction of sp³-hybridized carbons (Fsp3) is 0.300. The smallest absolute Gasteiger partial charge is 0.253 e. The summed E-state index contributed by atoms with van der Waals surface area (Å²) in [6, 6.07) is 4.84. The van der Waals surface area contributed by atoms with E-state index in [4.69, 9.17) is 28.9 Å². The van der Waals surface area contributed by atoms with Crippen molar-refractivity contribution >= 4 is 29.1 Å². The summed E-state index contributed by atoms with van der Waals surface area (Å²) in [4.78, 5) is 11.7. The van der Waals surface area contributed by atoms with Crippen molar-refractivity contribution in [3.63, 3.8) is 0 Å². The number of hydrogen-bond donors (Lipinski definition) is 2. The number of nitrogens with one attached hydrogen (secondary N) is 1. The van der Waals surface area contributed by atoms with Crippen LogP contribution in [0.2, 0.25) is 10.0 Å². The van der Waals surface area contributed by atoms with Crippen molar-refractivity contribution in [1.82, 2.24) is 5.32 Å². The minimum atomic E-state index is -0.263. The highest BCUT2D eigenvalue weighted by Crippen LogP contribution is 2.25. The van der Waals surface area contributed by atoms with E-state index in [1.807, 2.05) is 6.92 Å². The Morgan fingerprint density at radius 3 is 2.80 bits per heavy atom. The number of amides is 1. The number of hydrogen-bond acceptors (Lipinski definition) is 2. The van der Waals surface area contributed by atoms with Gasteiger partial charge in [0.05, 0.1) is 15.6 Å². The van der Waals surface area contributed by atoms with E-state index in [0.29, 0.717) is 17.1 Å². The van der Waals surface area contributed by atoms with Crippen molar-refractivity contribution in [1.29, 1.82) is 0 Å². The van der Waals surface area contributed by atoms with Crippen LogP contribution in [0.5, 0.6) is 0 Å². The van der Waals surface area contributed by atoms with Gasteiger partial charge in [-0.1, -0.05) is 29.3 Å². The van der Waals surface area contributed by atoms with Crippen LogP contribution in [-0.4, -0.2) is 18.5 Å². The summed E-state index contributed by atoms with van der Waals surface area (Å²) >= 11 is 11.7. The molecule has 0 spiro atoms. The second kappa shape index (κ2) is 5.35. The van der Waals surface area contributed by atoms with Gasteiger partial charge in [0.25, 0.3) is 5.91 Å². The van der Waals surface area contributed by atoms with E-state index in [2.05, 4.69) is 5.32 Å². The van der Waals surface area contributed by atoms with E-state index in [-0.39, 0.29) is 17.0 Å². The van der Waals surface area contributed by atoms with Gasteiger partial charge in [0.15, 0.2) is 0 Å². The molecular weight excluding hydrogens is 235 g/mol. The molecule has 1 amide bonds. The van der Waals surface area contributed by atoms with Crippen LogP contribution in [0, 0.1) is 0 Å². The van der Waals surface area contributed by atoms with Crippen molar-refractivity contribution in [3.8, 4) is 0 Å². The number of nitrogens with two attached hydrogens (primary N) is 1. The van der Waals surface area contributed by atoms with Crippen molar-refractivity contribution in [2.45, 2.75) is 13.0 Å². The maximum Gasteiger partial charge on any atom is 0.253 e. The quantitative estimate of drug-likeness (QED) is 0.859. The van der Waals surface area contributed by atoms with Gasteiger partial charge in [-0.2, -0.15) is 0 Å². The first-order valence-corrected chi connectivity index (χ1v) is 5.26. The Hall–Kier alpha value is -0.770. The van der Waals surface area contributed by atoms with Crippen LogP contribution in [0.15, 0.2) is 18.2 Å². The summed E-state index contributed by atoms with van der Waals surface area (Å²) in [5, 5.41) is 3.34. The number of halogens is 2. The molecule has 0 unspecified atom stereocenters. The Morgan fingerprint density at radius 1 is 1.53 bits per heavy atom. The first-order valence-electron chi connectivity index (χ1n) is 4.51. The Bertz CT molecular complexity index is 368. The van der Waals surface area contributed by atoms with Gasteiger partial charge in [-0.15, -0.1) is 0 Å². The van der Waals surface area contributed by atoms with Gasteiger partial charge in [-0.25, -0.2) is 0 Å². The predicted molar refractivity (Wildman–Crippen MR) is 62.4 cm³/mol. The normalized spacial score (nSPS) is 12.3. The lowest BCUT2D eigenvalue weighted by molar-refractivity contribution is 0.0941. The van der Waals surface area contributed by atoms with Crippen LogP contribution in [0.4, 0.5) is 0 Å². The van der Waals surface area contributed by atoms with Crippen LogP contribution < -0.4 is 11.1 Å². The zero-order chi connectivity index (χ0) is 11.4. The Labute approximate surface area is 98.5 Å². The standard InChI is InChI=1S/C10H12Cl2N2O/c1-6(5-13)14-10(15)7-3-2-4-8(11)9(7)12/h2-4,6H,5,13H2,1H3,(H,14,15)/t6-/m0/s1. The average molecular weight is 247 g/mol. The first-order chi connectivity index (χ1) is 7.06. The third kappa shape index (κ3) is 3.09. The van der Waals surface area contributed by atoms with Gasteiger partial charge in [0, 0.05) is 12.6 Å². The van der Waals surface area contributed by atoms with E-state index >= 15 is 0 Å². The number of carbonyl (C=O) groups is 1. The Kier molecular flexibility index (Phi) is 4.39. The highest BCUT2D eigenvalue weighted by atomic mass is 35.5. The average Bonchev–Trinajstić information content (AvgIpc) is 2.21. The zero-order valence-corrected chi connectivity index (χ0v) is 9.77. The largest absolute Gasteiger partial charge is 0.348 e. The van der Waals surface area contributed by atoms with Gasteiger partial charge in [0.2, 0.25) is 0 Å². The third-order valence-electron chi connectivity index (χ3n) is 1.93. The summed E-state index contributed by atoms with van der Waals surface area (Å²) in [7, 11) is 0. The van der Waals surface area contributed by atoms with E-state index < -0.39 is 0 Å². The molecular formula is C10H12Cl2N2O. The molecule has 1 aromatic carbocycles. The second-order valence-corrected chi connectivity index (χ2v) is 4.00.